The molecule has 2 aliphatic rings. The lowest BCUT2D eigenvalue weighted by Crippen LogP contribution is -2.40. The van der Waals surface area contributed by atoms with E-state index in [1.807, 2.05) is 93.0 Å². The van der Waals surface area contributed by atoms with E-state index in [1.165, 1.54) is 0 Å². The van der Waals surface area contributed by atoms with Gasteiger partial charge in [-0.15, -0.1) is 20.4 Å². The largest absolute Gasteiger partial charge is 0.345 e. The molecule has 16 nitrogen and oxygen atoms in total. The Bertz CT molecular complexity index is 2600. The van der Waals surface area contributed by atoms with E-state index in [0.717, 1.165) is 70.3 Å². The predicted molar refractivity (Wildman–Crippen MR) is 227 cm³/mol. The van der Waals surface area contributed by atoms with Gasteiger partial charge in [-0.05, 0) is 52.1 Å². The van der Waals surface area contributed by atoms with Crippen LogP contribution in [0.4, 0.5) is 11.6 Å². The van der Waals surface area contributed by atoms with Crippen LogP contribution in [0, 0.1) is 0 Å². The number of hydrogen-bond acceptors (Lipinski definition) is 12. The molecule has 0 radical (unpaired) electrons. The Morgan fingerprint density at radius 2 is 1.20 bits per heavy atom. The van der Waals surface area contributed by atoms with Crippen molar-refractivity contribution in [2.45, 2.75) is 78.6 Å². The number of halogens is 1. The summed E-state index contributed by atoms with van der Waals surface area (Å²) in [5.41, 5.74) is 3.92. The summed E-state index contributed by atoms with van der Waals surface area (Å²) in [6.45, 7) is 12.9. The maximum atomic E-state index is 5.95. The molecular weight excluding hydrogens is 764 g/mol. The van der Waals surface area contributed by atoms with Crippen molar-refractivity contribution in [3.8, 4) is 40.1 Å². The number of rotatable bonds is 7. The van der Waals surface area contributed by atoms with E-state index in [-0.39, 0.29) is 23.4 Å². The molecule has 2 atom stereocenters. The number of hydrogen-bond donors (Lipinski definition) is 1. The molecule has 1 N–H and O–H groups in total. The van der Waals surface area contributed by atoms with Gasteiger partial charge in [0.1, 0.15) is 35.7 Å². The van der Waals surface area contributed by atoms with Gasteiger partial charge >= 0.3 is 0 Å². The van der Waals surface area contributed by atoms with Gasteiger partial charge in [0.25, 0.3) is 0 Å². The molecule has 8 heterocycles. The Morgan fingerprint density at radius 1 is 0.644 bits per heavy atom. The van der Waals surface area contributed by atoms with Crippen molar-refractivity contribution in [2.75, 3.05) is 9.80 Å². The zero-order valence-electron chi connectivity index (χ0n) is 33.7. The number of fused-ring (bicyclic) bond motifs is 6. The molecule has 6 aromatic heterocycles. The smallest absolute Gasteiger partial charge is 0.237 e. The quantitative estimate of drug-likeness (QED) is 0.154. The van der Waals surface area contributed by atoms with Crippen LogP contribution < -0.4 is 9.80 Å². The number of imidazole rings is 2. The van der Waals surface area contributed by atoms with Crippen molar-refractivity contribution in [3.05, 3.63) is 127 Å². The first-order chi connectivity index (χ1) is 28.8. The van der Waals surface area contributed by atoms with Gasteiger partial charge in [-0.25, -0.2) is 19.9 Å². The standard InChI is InChI=1S/C21H22N8.C12H15ClN6.C9H8N2/c1-4-16-20-26-24-13-28(20)17-12-23-21(25-19(17)29(16)14(2)3)27-11-10-22-18(27)15-8-6-5-7-9-15;1-4-8-11-17-15-6-18(11)9-5-14-12(13)16-10(9)19(8)7(2)3;1-2-4-8(5-3-1)9-10-6-7-11-9/h5-14,16H,4H2,1-3H3;5-8H,4H2,1-3H3;1-7H,(H,10,11)/t16-;8-;/m11./s1. The minimum atomic E-state index is 0.115. The van der Waals surface area contributed by atoms with E-state index in [0.29, 0.717) is 12.0 Å². The lowest BCUT2D eigenvalue weighted by atomic mass is 10.1. The number of nitrogens with zero attached hydrogens (tertiary/aromatic N) is 15. The highest BCUT2D eigenvalue weighted by Crippen LogP contribution is 2.40. The van der Waals surface area contributed by atoms with E-state index in [2.05, 4.69) is 102 Å². The molecule has 0 spiro atoms. The zero-order chi connectivity index (χ0) is 41.0. The van der Waals surface area contributed by atoms with Crippen LogP contribution in [0.3, 0.4) is 0 Å². The van der Waals surface area contributed by atoms with Gasteiger partial charge < -0.3 is 14.8 Å². The van der Waals surface area contributed by atoms with E-state index >= 15 is 0 Å². The zero-order valence-corrected chi connectivity index (χ0v) is 34.5. The van der Waals surface area contributed by atoms with Crippen LogP contribution in [-0.2, 0) is 0 Å². The van der Waals surface area contributed by atoms with Gasteiger partial charge in [0.15, 0.2) is 23.3 Å². The van der Waals surface area contributed by atoms with Gasteiger partial charge in [-0.2, -0.15) is 9.97 Å². The normalized spacial score (nSPS) is 15.1. The van der Waals surface area contributed by atoms with E-state index in [9.17, 15) is 0 Å². The maximum Gasteiger partial charge on any atom is 0.237 e. The van der Waals surface area contributed by atoms with Gasteiger partial charge in [-0.1, -0.05) is 74.5 Å². The van der Waals surface area contributed by atoms with Gasteiger partial charge in [0.05, 0.1) is 24.5 Å². The summed E-state index contributed by atoms with van der Waals surface area (Å²) >= 11 is 5.95. The molecule has 0 amide bonds. The van der Waals surface area contributed by atoms with E-state index in [1.54, 1.807) is 31.2 Å². The molecule has 59 heavy (non-hydrogen) atoms. The van der Waals surface area contributed by atoms with Crippen molar-refractivity contribution in [3.63, 3.8) is 0 Å². The minimum Gasteiger partial charge on any atom is -0.345 e. The van der Waals surface area contributed by atoms with Crippen molar-refractivity contribution in [2.24, 2.45) is 0 Å². The second kappa shape index (κ2) is 17.0. The molecule has 0 unspecified atom stereocenters. The molecule has 17 heteroatoms. The van der Waals surface area contributed by atoms with Crippen LogP contribution in [-0.4, -0.2) is 81.1 Å². The molecule has 10 rings (SSSR count). The predicted octanol–water partition coefficient (Wildman–Crippen LogP) is 8.06. The second-order valence-corrected chi connectivity index (χ2v) is 14.8. The first-order valence-electron chi connectivity index (χ1n) is 19.7. The Hall–Kier alpha value is -6.81. The molecule has 0 fully saturated rings. The highest BCUT2D eigenvalue weighted by molar-refractivity contribution is 6.28. The Labute approximate surface area is 347 Å². The summed E-state index contributed by atoms with van der Waals surface area (Å²) < 4.78 is 5.87. The second-order valence-electron chi connectivity index (χ2n) is 14.5. The van der Waals surface area contributed by atoms with Crippen LogP contribution in [0.2, 0.25) is 5.28 Å². The monoisotopic (exact) mass is 808 g/mol. The molecule has 8 aromatic rings. The SMILES string of the molecule is CC[C@@H]1c2nncn2-c2cnc(-n3ccnc3-c3ccccc3)nc2N1C(C)C.CC[C@@H]1c2nncn2-c2cnc(Cl)nc2N1C(C)C.c1ccc(-c2ncc[nH]2)cc1. The molecule has 0 saturated heterocycles. The van der Waals surface area contributed by atoms with Crippen LogP contribution in [0.5, 0.6) is 0 Å². The fraction of sp³-hybridized carbons (Fsp3) is 0.286. The topological polar surface area (TPSA) is 166 Å². The number of benzene rings is 2. The van der Waals surface area contributed by atoms with Gasteiger partial charge in [0, 0.05) is 48.0 Å². The third kappa shape index (κ3) is 7.54. The summed E-state index contributed by atoms with van der Waals surface area (Å²) in [6.07, 6.45) is 16.1. The molecule has 0 bridgehead atoms. The molecule has 2 aliphatic heterocycles. The first kappa shape index (κ1) is 39.0. The first-order valence-corrected chi connectivity index (χ1v) is 20.1. The van der Waals surface area contributed by atoms with Crippen molar-refractivity contribution in [1.82, 2.24) is 69.0 Å². The molecule has 0 aliphatic carbocycles. The molecule has 300 valence electrons. The van der Waals surface area contributed by atoms with Crippen LogP contribution in [0.1, 0.15) is 78.1 Å². The number of aromatic amines is 1. The summed E-state index contributed by atoms with van der Waals surface area (Å²) in [7, 11) is 0. The van der Waals surface area contributed by atoms with E-state index in [4.69, 9.17) is 16.6 Å². The highest BCUT2D eigenvalue weighted by Gasteiger charge is 2.36. The summed E-state index contributed by atoms with van der Waals surface area (Å²) in [4.78, 5) is 34.3. The maximum absolute atomic E-state index is 5.95. The average Bonchev–Trinajstić information content (AvgIpc) is 4.11. The van der Waals surface area contributed by atoms with Gasteiger partial charge in [0.2, 0.25) is 11.2 Å². The summed E-state index contributed by atoms with van der Waals surface area (Å²) in [5, 5.41) is 17.0. The fourth-order valence-corrected chi connectivity index (χ4v) is 7.78. The number of H-pyrrole nitrogens is 1. The Kier molecular flexibility index (Phi) is 11.2. The summed E-state index contributed by atoms with van der Waals surface area (Å²) in [5.74, 6) is 5.91. The lowest BCUT2D eigenvalue weighted by molar-refractivity contribution is 0.497. The van der Waals surface area contributed by atoms with Crippen LogP contribution in [0.15, 0.2) is 110 Å². The molecular formula is C42H45ClN16. The van der Waals surface area contributed by atoms with Crippen LogP contribution in [0.25, 0.3) is 40.1 Å². The van der Waals surface area contributed by atoms with Crippen LogP contribution >= 0.6 is 11.6 Å². The average molecular weight is 809 g/mol. The number of aromatic nitrogens is 14. The third-order valence-corrected chi connectivity index (χ3v) is 10.4. The highest BCUT2D eigenvalue weighted by atomic mass is 35.5. The molecule has 0 saturated carbocycles. The minimum absolute atomic E-state index is 0.115. The Morgan fingerprint density at radius 3 is 1.75 bits per heavy atom. The number of nitrogens with one attached hydrogen (secondary N) is 1. The van der Waals surface area contributed by atoms with Crippen molar-refractivity contribution in [1.29, 1.82) is 0 Å². The Balaban J connectivity index is 0.000000137. The summed E-state index contributed by atoms with van der Waals surface area (Å²) in [6, 6.07) is 20.9. The van der Waals surface area contributed by atoms with Crippen molar-refractivity contribution >= 4 is 23.2 Å². The fourth-order valence-electron chi connectivity index (χ4n) is 7.65. The third-order valence-electron chi connectivity index (χ3n) is 10.2. The van der Waals surface area contributed by atoms with E-state index < -0.39 is 0 Å². The number of anilines is 2. The molecule has 2 aromatic carbocycles. The van der Waals surface area contributed by atoms with Gasteiger partial charge in [-0.3, -0.25) is 13.7 Å². The lowest BCUT2D eigenvalue weighted by Gasteiger charge is -2.39. The van der Waals surface area contributed by atoms with Crippen molar-refractivity contribution < 1.29 is 0 Å².